The third kappa shape index (κ3) is 5.01. The third-order valence-corrected chi connectivity index (χ3v) is 3.17. The van der Waals surface area contributed by atoms with Gasteiger partial charge in [-0.25, -0.2) is 4.79 Å². The molecule has 1 unspecified atom stereocenters. The number of esters is 1. The predicted molar refractivity (Wildman–Crippen MR) is 87.3 cm³/mol. The van der Waals surface area contributed by atoms with E-state index < -0.39 is 18.3 Å². The first-order valence-electron chi connectivity index (χ1n) is 7.37. The minimum atomic E-state index is -0.998. The summed E-state index contributed by atoms with van der Waals surface area (Å²) < 4.78 is 15.6. The number of hydrogen-bond donors (Lipinski definition) is 1. The summed E-state index contributed by atoms with van der Waals surface area (Å²) in [4.78, 5) is 23.3. The van der Waals surface area contributed by atoms with E-state index in [1.165, 1.54) is 14.0 Å². The first-order valence-corrected chi connectivity index (χ1v) is 7.37. The van der Waals surface area contributed by atoms with Crippen molar-refractivity contribution in [2.24, 2.45) is 0 Å². The molecule has 1 N–H and O–H groups in total. The van der Waals surface area contributed by atoms with E-state index in [1.807, 2.05) is 30.3 Å². The molecule has 24 heavy (non-hydrogen) atoms. The Bertz CT molecular complexity index is 687. The van der Waals surface area contributed by atoms with Gasteiger partial charge in [0.2, 0.25) is 6.23 Å². The molecule has 6 nitrogen and oxygen atoms in total. The van der Waals surface area contributed by atoms with Gasteiger partial charge in [0.25, 0.3) is 0 Å². The minimum absolute atomic E-state index is 0.116. The first-order chi connectivity index (χ1) is 11.6. The lowest BCUT2D eigenvalue weighted by Crippen LogP contribution is -2.32. The van der Waals surface area contributed by atoms with Crippen LogP contribution in [0.2, 0.25) is 0 Å². The zero-order valence-electron chi connectivity index (χ0n) is 13.5. The van der Waals surface area contributed by atoms with Crippen LogP contribution in [0, 0.1) is 0 Å². The van der Waals surface area contributed by atoms with Gasteiger partial charge in [0.05, 0.1) is 12.7 Å². The van der Waals surface area contributed by atoms with Crippen LogP contribution in [-0.2, 0) is 20.9 Å². The molecule has 0 bridgehead atoms. The lowest BCUT2D eigenvalue weighted by Gasteiger charge is -2.20. The summed E-state index contributed by atoms with van der Waals surface area (Å²) in [6.45, 7) is 1.38. The maximum Gasteiger partial charge on any atom is 0.410 e. The van der Waals surface area contributed by atoms with Crippen LogP contribution in [0.1, 0.15) is 24.3 Å². The van der Waals surface area contributed by atoms with Gasteiger partial charge in [-0.1, -0.05) is 42.5 Å². The maximum absolute atomic E-state index is 12.0. The van der Waals surface area contributed by atoms with Crippen molar-refractivity contribution in [2.45, 2.75) is 19.8 Å². The molecule has 0 aliphatic carbocycles. The summed E-state index contributed by atoms with van der Waals surface area (Å²) in [6, 6.07) is 16.2. The number of ether oxygens (including phenoxy) is 3. The SMILES string of the molecule is COc1ccccc1C(NC(=O)OCc1ccccc1)OC(C)=O. The summed E-state index contributed by atoms with van der Waals surface area (Å²) in [7, 11) is 1.50. The Labute approximate surface area is 140 Å². The second kappa shape index (κ2) is 8.57. The molecule has 0 aliphatic rings. The standard InChI is InChI=1S/C18H19NO5/c1-13(20)24-17(15-10-6-7-11-16(15)22-2)19-18(21)23-12-14-8-4-3-5-9-14/h3-11,17H,12H2,1-2H3,(H,19,21). The summed E-state index contributed by atoms with van der Waals surface area (Å²) in [5.74, 6) is -0.0404. The Balaban J connectivity index is 2.05. The molecule has 6 heteroatoms. The quantitative estimate of drug-likeness (QED) is 0.651. The van der Waals surface area contributed by atoms with Crippen molar-refractivity contribution >= 4 is 12.1 Å². The second-order valence-electron chi connectivity index (χ2n) is 4.94. The highest BCUT2D eigenvalue weighted by atomic mass is 16.6. The molecular weight excluding hydrogens is 310 g/mol. The predicted octanol–water partition coefficient (Wildman–Crippen LogP) is 3.18. The number of methoxy groups -OCH3 is 1. The lowest BCUT2D eigenvalue weighted by atomic mass is 10.1. The highest BCUT2D eigenvalue weighted by molar-refractivity contribution is 5.70. The second-order valence-corrected chi connectivity index (χ2v) is 4.94. The summed E-state index contributed by atoms with van der Waals surface area (Å²) in [5, 5.41) is 2.53. The molecule has 2 aromatic rings. The minimum Gasteiger partial charge on any atom is -0.496 e. The molecule has 0 radical (unpaired) electrons. The summed E-state index contributed by atoms with van der Waals surface area (Å²) in [5.41, 5.74) is 1.38. The first kappa shape index (κ1) is 17.3. The fourth-order valence-electron chi connectivity index (χ4n) is 2.09. The molecule has 0 fully saturated rings. The van der Waals surface area contributed by atoms with Crippen LogP contribution < -0.4 is 10.1 Å². The molecular formula is C18H19NO5. The van der Waals surface area contributed by atoms with Gasteiger partial charge < -0.3 is 14.2 Å². The van der Waals surface area contributed by atoms with Gasteiger partial charge in [-0.2, -0.15) is 0 Å². The van der Waals surface area contributed by atoms with E-state index in [4.69, 9.17) is 14.2 Å². The van der Waals surface area contributed by atoms with Crippen molar-refractivity contribution in [3.8, 4) is 5.75 Å². The van der Waals surface area contributed by atoms with Crippen molar-refractivity contribution in [3.63, 3.8) is 0 Å². The number of hydrogen-bond acceptors (Lipinski definition) is 5. The Morgan fingerprint density at radius 1 is 1.04 bits per heavy atom. The van der Waals surface area contributed by atoms with Crippen LogP contribution in [0.5, 0.6) is 5.75 Å². The van der Waals surface area contributed by atoms with Crippen molar-refractivity contribution < 1.29 is 23.8 Å². The van der Waals surface area contributed by atoms with Crippen molar-refractivity contribution in [2.75, 3.05) is 7.11 Å². The molecule has 0 aromatic heterocycles. The van der Waals surface area contributed by atoms with Crippen molar-refractivity contribution in [1.29, 1.82) is 0 Å². The highest BCUT2D eigenvalue weighted by Crippen LogP contribution is 2.25. The fraction of sp³-hybridized carbons (Fsp3) is 0.222. The zero-order chi connectivity index (χ0) is 17.4. The average Bonchev–Trinajstić information content (AvgIpc) is 2.60. The molecule has 126 valence electrons. The zero-order valence-corrected chi connectivity index (χ0v) is 13.5. The molecule has 1 amide bonds. The molecule has 0 aliphatic heterocycles. The Hall–Kier alpha value is -3.02. The van der Waals surface area contributed by atoms with Gasteiger partial charge >= 0.3 is 12.1 Å². The van der Waals surface area contributed by atoms with E-state index in [0.29, 0.717) is 11.3 Å². The van der Waals surface area contributed by atoms with Crippen LogP contribution in [0.25, 0.3) is 0 Å². The number of para-hydroxylation sites is 1. The Morgan fingerprint density at radius 3 is 2.38 bits per heavy atom. The third-order valence-electron chi connectivity index (χ3n) is 3.17. The Morgan fingerprint density at radius 2 is 1.71 bits per heavy atom. The summed E-state index contributed by atoms with van der Waals surface area (Å²) >= 11 is 0. The van der Waals surface area contributed by atoms with E-state index >= 15 is 0 Å². The van der Waals surface area contributed by atoms with Gasteiger partial charge in [-0.3, -0.25) is 10.1 Å². The van der Waals surface area contributed by atoms with Crippen LogP contribution in [0.15, 0.2) is 54.6 Å². The van der Waals surface area contributed by atoms with E-state index in [9.17, 15) is 9.59 Å². The monoisotopic (exact) mass is 329 g/mol. The number of amides is 1. The normalized spacial score (nSPS) is 11.2. The van der Waals surface area contributed by atoms with Crippen LogP contribution in [-0.4, -0.2) is 19.2 Å². The molecule has 2 aromatic carbocycles. The number of nitrogens with one attached hydrogen (secondary N) is 1. The van der Waals surface area contributed by atoms with E-state index in [0.717, 1.165) is 5.56 Å². The average molecular weight is 329 g/mol. The number of carbonyl (C=O) groups is 2. The largest absolute Gasteiger partial charge is 0.496 e. The fourth-order valence-corrected chi connectivity index (χ4v) is 2.09. The van der Waals surface area contributed by atoms with E-state index in [1.54, 1.807) is 24.3 Å². The van der Waals surface area contributed by atoms with Gasteiger partial charge in [-0.15, -0.1) is 0 Å². The number of rotatable bonds is 6. The van der Waals surface area contributed by atoms with Crippen LogP contribution >= 0.6 is 0 Å². The van der Waals surface area contributed by atoms with Gasteiger partial charge in [0.1, 0.15) is 12.4 Å². The number of benzene rings is 2. The molecule has 0 heterocycles. The molecule has 1 atom stereocenters. The van der Waals surface area contributed by atoms with E-state index in [-0.39, 0.29) is 6.61 Å². The van der Waals surface area contributed by atoms with Crippen LogP contribution in [0.4, 0.5) is 4.79 Å². The lowest BCUT2D eigenvalue weighted by molar-refractivity contribution is -0.148. The topological polar surface area (TPSA) is 73.9 Å². The highest BCUT2D eigenvalue weighted by Gasteiger charge is 2.21. The van der Waals surface area contributed by atoms with Gasteiger partial charge in [0.15, 0.2) is 0 Å². The maximum atomic E-state index is 12.0. The number of alkyl carbamates (subject to hydrolysis) is 1. The molecule has 0 saturated carbocycles. The van der Waals surface area contributed by atoms with Gasteiger partial charge in [-0.05, 0) is 17.7 Å². The molecule has 0 saturated heterocycles. The van der Waals surface area contributed by atoms with Crippen LogP contribution in [0.3, 0.4) is 0 Å². The van der Waals surface area contributed by atoms with Crippen molar-refractivity contribution in [3.05, 3.63) is 65.7 Å². The summed E-state index contributed by atoms with van der Waals surface area (Å²) in [6.07, 6.45) is -1.70. The smallest absolute Gasteiger partial charge is 0.410 e. The van der Waals surface area contributed by atoms with E-state index in [2.05, 4.69) is 5.32 Å². The molecule has 2 rings (SSSR count). The Kier molecular flexibility index (Phi) is 6.19. The van der Waals surface area contributed by atoms with Crippen molar-refractivity contribution in [1.82, 2.24) is 5.32 Å². The van der Waals surface area contributed by atoms with Gasteiger partial charge in [0, 0.05) is 6.92 Å². The molecule has 0 spiro atoms. The number of carbonyl (C=O) groups excluding carboxylic acids is 2.